The van der Waals surface area contributed by atoms with Crippen LogP contribution in [-0.4, -0.2) is 26.5 Å². The summed E-state index contributed by atoms with van der Waals surface area (Å²) < 4.78 is 7.28. The van der Waals surface area contributed by atoms with Crippen LogP contribution >= 0.6 is 0 Å². The highest BCUT2D eigenvalue weighted by atomic mass is 16.5. The summed E-state index contributed by atoms with van der Waals surface area (Å²) in [6.45, 7) is 0.412. The molecule has 1 aliphatic heterocycles. The first kappa shape index (κ1) is 17.2. The molecule has 1 aliphatic rings. The normalized spacial score (nSPS) is 15.7. The van der Waals surface area contributed by atoms with E-state index in [9.17, 15) is 9.59 Å². The summed E-state index contributed by atoms with van der Waals surface area (Å²) >= 11 is 0. The smallest absolute Gasteiger partial charge is 0.273 e. The number of hydrogen-bond donors (Lipinski definition) is 2. The van der Waals surface area contributed by atoms with Gasteiger partial charge in [0, 0.05) is 11.8 Å². The van der Waals surface area contributed by atoms with E-state index in [1.807, 2.05) is 53.1 Å². The third-order valence-electron chi connectivity index (χ3n) is 4.95. The molecule has 8 heteroatoms. The number of amides is 2. The van der Waals surface area contributed by atoms with Crippen LogP contribution in [-0.2, 0) is 11.3 Å². The van der Waals surface area contributed by atoms with Crippen LogP contribution in [0.4, 0.5) is 5.69 Å². The topological polar surface area (TPSA) is 102 Å². The summed E-state index contributed by atoms with van der Waals surface area (Å²) in [5.41, 5.74) is 3.61. The van der Waals surface area contributed by atoms with Gasteiger partial charge in [0.05, 0.1) is 36.4 Å². The van der Waals surface area contributed by atoms with Crippen LogP contribution in [0.2, 0.25) is 0 Å². The molecule has 2 aromatic carbocycles. The molecule has 2 aromatic heterocycles. The number of carbonyl (C=O) groups is 2. The van der Waals surface area contributed by atoms with Gasteiger partial charge < -0.3 is 19.7 Å². The number of fused-ring (bicyclic) bond motifs is 2. The van der Waals surface area contributed by atoms with Crippen LogP contribution in [0.5, 0.6) is 0 Å². The van der Waals surface area contributed by atoms with Crippen molar-refractivity contribution in [1.82, 2.24) is 20.0 Å². The van der Waals surface area contributed by atoms with Gasteiger partial charge in [-0.1, -0.05) is 35.5 Å². The van der Waals surface area contributed by atoms with E-state index in [-0.39, 0.29) is 23.9 Å². The molecule has 8 nitrogen and oxygen atoms in total. The lowest BCUT2D eigenvalue weighted by molar-refractivity contribution is -0.116. The SMILES string of the molecule is O=C1C[C@@H](NC(=O)c2cc(Cn3cnc4ccccc43)on2)c2ccccc2N1. The standard InChI is InChI=1S/C21H17N5O3/c27-20-10-17(14-5-1-2-6-15(14)23-20)24-21(28)18-9-13(29-25-18)11-26-12-22-16-7-3-4-8-19(16)26/h1-9,12,17H,10-11H2,(H,23,27)(H,24,28)/t17-/m1/s1. The molecule has 0 aliphatic carbocycles. The van der Waals surface area contributed by atoms with Crippen molar-refractivity contribution in [3.8, 4) is 0 Å². The van der Waals surface area contributed by atoms with Gasteiger partial charge in [0.2, 0.25) is 5.91 Å². The third-order valence-corrected chi connectivity index (χ3v) is 4.95. The largest absolute Gasteiger partial charge is 0.359 e. The summed E-state index contributed by atoms with van der Waals surface area (Å²) in [4.78, 5) is 29.0. The monoisotopic (exact) mass is 387 g/mol. The predicted octanol–water partition coefficient (Wildman–Crippen LogP) is 2.89. The molecule has 29 heavy (non-hydrogen) atoms. The molecular weight excluding hydrogens is 370 g/mol. The zero-order valence-corrected chi connectivity index (χ0v) is 15.3. The summed E-state index contributed by atoms with van der Waals surface area (Å²) in [6.07, 6.45) is 1.90. The lowest BCUT2D eigenvalue weighted by Gasteiger charge is -2.25. The van der Waals surface area contributed by atoms with Gasteiger partial charge in [0.25, 0.3) is 5.91 Å². The third kappa shape index (κ3) is 3.25. The second kappa shape index (κ2) is 6.90. The Bertz CT molecular complexity index is 1230. The molecule has 0 fully saturated rings. The average molecular weight is 387 g/mol. The lowest BCUT2D eigenvalue weighted by Crippen LogP contribution is -2.35. The van der Waals surface area contributed by atoms with E-state index < -0.39 is 6.04 Å². The molecule has 0 unspecified atom stereocenters. The first-order chi connectivity index (χ1) is 14.2. The van der Waals surface area contributed by atoms with E-state index >= 15 is 0 Å². The number of aromatic nitrogens is 3. The second-order valence-electron chi connectivity index (χ2n) is 6.91. The highest BCUT2D eigenvalue weighted by Gasteiger charge is 2.27. The number of imidazole rings is 1. The van der Waals surface area contributed by atoms with Gasteiger partial charge in [-0.25, -0.2) is 4.98 Å². The highest BCUT2D eigenvalue weighted by Crippen LogP contribution is 2.30. The summed E-state index contributed by atoms with van der Waals surface area (Å²) in [6, 6.07) is 16.4. The van der Waals surface area contributed by atoms with E-state index in [4.69, 9.17) is 4.52 Å². The number of benzene rings is 2. The van der Waals surface area contributed by atoms with E-state index in [2.05, 4.69) is 20.8 Å². The molecule has 0 bridgehead atoms. The maximum Gasteiger partial charge on any atom is 0.273 e. The maximum atomic E-state index is 12.7. The van der Waals surface area contributed by atoms with E-state index in [1.54, 1.807) is 12.4 Å². The molecule has 144 valence electrons. The minimum absolute atomic E-state index is 0.137. The first-order valence-corrected chi connectivity index (χ1v) is 9.22. The van der Waals surface area contributed by atoms with Crippen LogP contribution in [0.25, 0.3) is 11.0 Å². The molecule has 5 rings (SSSR count). The molecule has 2 amide bonds. The van der Waals surface area contributed by atoms with Crippen molar-refractivity contribution in [2.75, 3.05) is 5.32 Å². The van der Waals surface area contributed by atoms with Crippen molar-refractivity contribution in [2.45, 2.75) is 19.0 Å². The highest BCUT2D eigenvalue weighted by molar-refractivity contribution is 5.97. The molecule has 4 aromatic rings. The summed E-state index contributed by atoms with van der Waals surface area (Å²) in [5.74, 6) is 0.0203. The maximum absolute atomic E-state index is 12.7. The molecule has 0 saturated carbocycles. The van der Waals surface area contributed by atoms with Crippen LogP contribution < -0.4 is 10.6 Å². The zero-order chi connectivity index (χ0) is 19.8. The second-order valence-corrected chi connectivity index (χ2v) is 6.91. The van der Waals surface area contributed by atoms with Gasteiger partial charge in [-0.05, 0) is 23.8 Å². The Morgan fingerprint density at radius 3 is 2.97 bits per heavy atom. The Morgan fingerprint density at radius 2 is 2.03 bits per heavy atom. The number of carbonyl (C=O) groups excluding carboxylic acids is 2. The molecule has 0 saturated heterocycles. The summed E-state index contributed by atoms with van der Waals surface area (Å²) in [5, 5.41) is 9.59. The zero-order valence-electron chi connectivity index (χ0n) is 15.3. The van der Waals surface area contributed by atoms with Crippen molar-refractivity contribution >= 4 is 28.5 Å². The number of para-hydroxylation sites is 3. The van der Waals surface area contributed by atoms with Crippen molar-refractivity contribution in [3.63, 3.8) is 0 Å². The Labute approximate surface area is 165 Å². The van der Waals surface area contributed by atoms with Crippen LogP contribution in [0.1, 0.15) is 34.3 Å². The van der Waals surface area contributed by atoms with Crippen molar-refractivity contribution in [2.24, 2.45) is 0 Å². The Kier molecular flexibility index (Phi) is 4.09. The van der Waals surface area contributed by atoms with E-state index in [0.29, 0.717) is 18.0 Å². The quantitative estimate of drug-likeness (QED) is 0.561. The van der Waals surface area contributed by atoms with Crippen LogP contribution in [0.15, 0.2) is 65.4 Å². The first-order valence-electron chi connectivity index (χ1n) is 9.22. The Morgan fingerprint density at radius 1 is 1.21 bits per heavy atom. The molecule has 0 radical (unpaired) electrons. The fourth-order valence-corrected chi connectivity index (χ4v) is 3.57. The lowest BCUT2D eigenvalue weighted by atomic mass is 9.97. The number of rotatable bonds is 4. The van der Waals surface area contributed by atoms with Crippen molar-refractivity contribution in [3.05, 3.63) is 77.9 Å². The van der Waals surface area contributed by atoms with Gasteiger partial charge in [0.15, 0.2) is 11.5 Å². The Balaban J connectivity index is 1.33. The summed E-state index contributed by atoms with van der Waals surface area (Å²) in [7, 11) is 0. The Hall–Kier alpha value is -3.94. The molecule has 3 heterocycles. The van der Waals surface area contributed by atoms with Crippen LogP contribution in [0.3, 0.4) is 0 Å². The number of anilines is 1. The molecule has 0 spiro atoms. The van der Waals surface area contributed by atoms with Crippen LogP contribution in [0, 0.1) is 0 Å². The average Bonchev–Trinajstić information content (AvgIpc) is 3.36. The van der Waals surface area contributed by atoms with Crippen molar-refractivity contribution < 1.29 is 14.1 Å². The predicted molar refractivity (Wildman–Crippen MR) is 105 cm³/mol. The minimum Gasteiger partial charge on any atom is -0.359 e. The molecular formula is C21H17N5O3. The number of hydrogen-bond acceptors (Lipinski definition) is 5. The molecule has 2 N–H and O–H groups in total. The minimum atomic E-state index is -0.412. The van der Waals surface area contributed by atoms with Gasteiger partial charge in [-0.3, -0.25) is 9.59 Å². The van der Waals surface area contributed by atoms with Gasteiger partial charge in [-0.2, -0.15) is 0 Å². The van der Waals surface area contributed by atoms with Gasteiger partial charge >= 0.3 is 0 Å². The van der Waals surface area contributed by atoms with E-state index in [0.717, 1.165) is 16.6 Å². The number of nitrogens with zero attached hydrogens (tertiary/aromatic N) is 3. The van der Waals surface area contributed by atoms with E-state index in [1.165, 1.54) is 0 Å². The number of nitrogens with one attached hydrogen (secondary N) is 2. The fourth-order valence-electron chi connectivity index (χ4n) is 3.57. The fraction of sp³-hybridized carbons (Fsp3) is 0.143. The molecule has 1 atom stereocenters. The van der Waals surface area contributed by atoms with Gasteiger partial charge in [0.1, 0.15) is 0 Å². The van der Waals surface area contributed by atoms with Gasteiger partial charge in [-0.15, -0.1) is 0 Å². The van der Waals surface area contributed by atoms with Crippen molar-refractivity contribution in [1.29, 1.82) is 0 Å².